The molecule has 2 rings (SSSR count). The molecule has 0 aliphatic carbocycles. The molecule has 0 saturated carbocycles. The Morgan fingerprint density at radius 2 is 2.29 bits per heavy atom. The summed E-state index contributed by atoms with van der Waals surface area (Å²) in [5, 5.41) is 0. The molecule has 2 heterocycles. The number of anilines is 1. The van der Waals surface area contributed by atoms with Crippen LogP contribution in [0.5, 0.6) is 0 Å². The SMILES string of the molecule is Nc1ccc(SCc2ncc[nH]2)cn1. The van der Waals surface area contributed by atoms with E-state index in [1.54, 1.807) is 30.2 Å². The lowest BCUT2D eigenvalue weighted by Gasteiger charge is -1.98. The number of H-pyrrole nitrogens is 1. The smallest absolute Gasteiger partial charge is 0.123 e. The van der Waals surface area contributed by atoms with E-state index in [-0.39, 0.29) is 0 Å². The lowest BCUT2D eigenvalue weighted by molar-refractivity contribution is 1.12. The minimum Gasteiger partial charge on any atom is -0.384 e. The van der Waals surface area contributed by atoms with Crippen molar-refractivity contribution in [1.82, 2.24) is 15.0 Å². The molecule has 0 saturated heterocycles. The van der Waals surface area contributed by atoms with E-state index in [2.05, 4.69) is 15.0 Å². The number of nitrogens with one attached hydrogen (secondary N) is 1. The summed E-state index contributed by atoms with van der Waals surface area (Å²) in [7, 11) is 0. The van der Waals surface area contributed by atoms with Crippen LogP contribution in [-0.2, 0) is 5.75 Å². The first-order valence-corrected chi connectivity index (χ1v) is 5.16. The Morgan fingerprint density at radius 1 is 1.36 bits per heavy atom. The third-order valence-corrected chi connectivity index (χ3v) is 2.68. The largest absolute Gasteiger partial charge is 0.384 e. The van der Waals surface area contributed by atoms with E-state index in [4.69, 9.17) is 5.73 Å². The monoisotopic (exact) mass is 206 g/mol. The minimum absolute atomic E-state index is 0.548. The summed E-state index contributed by atoms with van der Waals surface area (Å²) >= 11 is 1.68. The van der Waals surface area contributed by atoms with Crippen molar-refractivity contribution in [2.24, 2.45) is 0 Å². The summed E-state index contributed by atoms with van der Waals surface area (Å²) in [5.41, 5.74) is 5.48. The van der Waals surface area contributed by atoms with Gasteiger partial charge in [0, 0.05) is 23.5 Å². The quantitative estimate of drug-likeness (QED) is 0.750. The fourth-order valence-electron chi connectivity index (χ4n) is 1.01. The maximum atomic E-state index is 5.48. The number of nitrogens with two attached hydrogens (primary N) is 1. The second-order valence-corrected chi connectivity index (χ2v) is 3.79. The molecule has 14 heavy (non-hydrogen) atoms. The molecule has 2 aromatic rings. The zero-order valence-corrected chi connectivity index (χ0v) is 8.29. The van der Waals surface area contributed by atoms with Gasteiger partial charge in [0.1, 0.15) is 11.6 Å². The fourth-order valence-corrected chi connectivity index (χ4v) is 1.76. The van der Waals surface area contributed by atoms with Gasteiger partial charge in [0.15, 0.2) is 0 Å². The molecule has 72 valence electrons. The lowest BCUT2D eigenvalue weighted by atomic mass is 10.5. The number of nitrogens with zero attached hydrogens (tertiary/aromatic N) is 2. The Balaban J connectivity index is 1.95. The maximum absolute atomic E-state index is 5.48. The van der Waals surface area contributed by atoms with E-state index in [0.717, 1.165) is 16.5 Å². The summed E-state index contributed by atoms with van der Waals surface area (Å²) in [6, 6.07) is 3.75. The highest BCUT2D eigenvalue weighted by Crippen LogP contribution is 2.20. The Hall–Kier alpha value is -1.49. The van der Waals surface area contributed by atoms with Gasteiger partial charge in [0.25, 0.3) is 0 Å². The molecule has 0 fully saturated rings. The molecule has 4 nitrogen and oxygen atoms in total. The number of imidazole rings is 1. The first-order valence-electron chi connectivity index (χ1n) is 4.17. The Bertz CT molecular complexity index is 382. The van der Waals surface area contributed by atoms with Crippen molar-refractivity contribution in [2.45, 2.75) is 10.6 Å². The molecule has 0 aliphatic heterocycles. The second kappa shape index (κ2) is 4.15. The van der Waals surface area contributed by atoms with Gasteiger partial charge in [0.2, 0.25) is 0 Å². The Kier molecular flexibility index (Phi) is 2.69. The number of hydrogen-bond acceptors (Lipinski definition) is 4. The third kappa shape index (κ3) is 2.26. The van der Waals surface area contributed by atoms with E-state index in [9.17, 15) is 0 Å². The molecular weight excluding hydrogens is 196 g/mol. The maximum Gasteiger partial charge on any atom is 0.123 e. The predicted molar refractivity (Wildman–Crippen MR) is 56.8 cm³/mol. The van der Waals surface area contributed by atoms with Crippen molar-refractivity contribution < 1.29 is 0 Å². The number of hydrogen-bond donors (Lipinski definition) is 2. The van der Waals surface area contributed by atoms with Crippen LogP contribution >= 0.6 is 11.8 Å². The van der Waals surface area contributed by atoms with Crippen molar-refractivity contribution in [3.05, 3.63) is 36.5 Å². The van der Waals surface area contributed by atoms with Crippen LogP contribution in [0, 0.1) is 0 Å². The standard InChI is InChI=1S/C9H10N4S/c10-8-2-1-7(5-13-8)14-6-9-11-3-4-12-9/h1-5H,6H2,(H2,10,13)(H,11,12). The first kappa shape index (κ1) is 9.08. The van der Waals surface area contributed by atoms with E-state index in [1.807, 2.05) is 12.3 Å². The molecule has 5 heteroatoms. The van der Waals surface area contributed by atoms with E-state index in [0.29, 0.717) is 5.82 Å². The van der Waals surface area contributed by atoms with Crippen LogP contribution in [0.25, 0.3) is 0 Å². The number of pyridine rings is 1. The predicted octanol–water partition coefficient (Wildman–Crippen LogP) is 1.68. The van der Waals surface area contributed by atoms with Crippen molar-refractivity contribution in [1.29, 1.82) is 0 Å². The molecule has 0 aromatic carbocycles. The summed E-state index contributed by atoms with van der Waals surface area (Å²) in [4.78, 5) is 12.3. The normalized spacial score (nSPS) is 10.3. The summed E-state index contributed by atoms with van der Waals surface area (Å²) in [6.45, 7) is 0. The van der Waals surface area contributed by atoms with Gasteiger partial charge < -0.3 is 10.7 Å². The number of thioether (sulfide) groups is 1. The number of rotatable bonds is 3. The van der Waals surface area contributed by atoms with Gasteiger partial charge in [-0.25, -0.2) is 9.97 Å². The highest BCUT2D eigenvalue weighted by molar-refractivity contribution is 7.98. The van der Waals surface area contributed by atoms with Gasteiger partial charge in [0.05, 0.1) is 5.75 Å². The molecule has 3 N–H and O–H groups in total. The Morgan fingerprint density at radius 3 is 2.93 bits per heavy atom. The zero-order valence-electron chi connectivity index (χ0n) is 7.47. The highest BCUT2D eigenvalue weighted by Gasteiger charge is 1.97. The molecule has 0 amide bonds. The molecule has 0 unspecified atom stereocenters. The highest BCUT2D eigenvalue weighted by atomic mass is 32.2. The second-order valence-electron chi connectivity index (χ2n) is 2.74. The van der Waals surface area contributed by atoms with E-state index >= 15 is 0 Å². The van der Waals surface area contributed by atoms with Crippen LogP contribution in [0.4, 0.5) is 5.82 Å². The van der Waals surface area contributed by atoms with Crippen molar-refractivity contribution in [2.75, 3.05) is 5.73 Å². The minimum atomic E-state index is 0.548. The van der Waals surface area contributed by atoms with Crippen LogP contribution in [0.15, 0.2) is 35.6 Å². The van der Waals surface area contributed by atoms with Gasteiger partial charge in [-0.2, -0.15) is 0 Å². The Labute approximate surface area is 86.0 Å². The van der Waals surface area contributed by atoms with E-state index in [1.165, 1.54) is 0 Å². The number of aromatic nitrogens is 3. The van der Waals surface area contributed by atoms with Gasteiger partial charge in [-0.05, 0) is 12.1 Å². The van der Waals surface area contributed by atoms with Gasteiger partial charge in [-0.1, -0.05) is 0 Å². The van der Waals surface area contributed by atoms with E-state index < -0.39 is 0 Å². The van der Waals surface area contributed by atoms with Gasteiger partial charge in [-0.15, -0.1) is 11.8 Å². The third-order valence-electron chi connectivity index (χ3n) is 1.69. The molecule has 0 radical (unpaired) electrons. The molecule has 0 spiro atoms. The number of nitrogen functional groups attached to an aromatic ring is 1. The zero-order chi connectivity index (χ0) is 9.80. The fraction of sp³-hybridized carbons (Fsp3) is 0.111. The molecule has 0 bridgehead atoms. The van der Waals surface area contributed by atoms with Crippen molar-refractivity contribution in [3.63, 3.8) is 0 Å². The molecular formula is C9H10N4S. The summed E-state index contributed by atoms with van der Waals surface area (Å²) in [6.07, 6.45) is 5.33. The molecule has 0 atom stereocenters. The van der Waals surface area contributed by atoms with Crippen molar-refractivity contribution in [3.8, 4) is 0 Å². The van der Waals surface area contributed by atoms with Gasteiger partial charge in [-0.3, -0.25) is 0 Å². The summed E-state index contributed by atoms with van der Waals surface area (Å²) < 4.78 is 0. The molecule has 2 aromatic heterocycles. The van der Waals surface area contributed by atoms with Crippen LogP contribution < -0.4 is 5.73 Å². The number of aromatic amines is 1. The van der Waals surface area contributed by atoms with Gasteiger partial charge >= 0.3 is 0 Å². The lowest BCUT2D eigenvalue weighted by Crippen LogP contribution is -1.88. The first-order chi connectivity index (χ1) is 6.84. The molecule has 0 aliphatic rings. The topological polar surface area (TPSA) is 67.6 Å². The van der Waals surface area contributed by atoms with Crippen LogP contribution in [0.2, 0.25) is 0 Å². The summed E-state index contributed by atoms with van der Waals surface area (Å²) in [5.74, 6) is 2.33. The average Bonchev–Trinajstić information content (AvgIpc) is 2.70. The van der Waals surface area contributed by atoms with Crippen LogP contribution in [0.1, 0.15) is 5.82 Å². The van der Waals surface area contributed by atoms with Crippen LogP contribution in [-0.4, -0.2) is 15.0 Å². The van der Waals surface area contributed by atoms with Crippen LogP contribution in [0.3, 0.4) is 0 Å². The average molecular weight is 206 g/mol. The van der Waals surface area contributed by atoms with Crippen molar-refractivity contribution >= 4 is 17.6 Å².